The Morgan fingerprint density at radius 1 is 1.22 bits per heavy atom. The van der Waals surface area contributed by atoms with Gasteiger partial charge in [-0.2, -0.15) is 0 Å². The second-order valence-corrected chi connectivity index (χ2v) is 7.56. The molecule has 2 aromatic carbocycles. The number of hydrogen-bond acceptors (Lipinski definition) is 5. The number of amides is 1. The van der Waals surface area contributed by atoms with Gasteiger partial charge in [-0.05, 0) is 41.2 Å². The third-order valence-corrected chi connectivity index (χ3v) is 5.48. The van der Waals surface area contributed by atoms with Crippen LogP contribution in [-0.4, -0.2) is 49.0 Å². The van der Waals surface area contributed by atoms with Crippen molar-refractivity contribution >= 4 is 50.5 Å². The van der Waals surface area contributed by atoms with Crippen molar-refractivity contribution in [3.05, 3.63) is 61.6 Å². The van der Waals surface area contributed by atoms with E-state index in [0.29, 0.717) is 34.5 Å². The third-order valence-electron chi connectivity index (χ3n) is 4.47. The van der Waals surface area contributed by atoms with Gasteiger partial charge in [0.15, 0.2) is 0 Å². The maximum absolute atomic E-state index is 12.6. The molecule has 0 atom stereocenters. The van der Waals surface area contributed by atoms with Crippen molar-refractivity contribution in [3.63, 3.8) is 0 Å². The summed E-state index contributed by atoms with van der Waals surface area (Å²) in [5.41, 5.74) is 1.19. The number of likely N-dealkylation sites (N-methyl/N-ethyl adjacent to an activating group) is 1. The first-order chi connectivity index (χ1) is 12.9. The molecule has 3 rings (SSSR count). The van der Waals surface area contributed by atoms with Crippen molar-refractivity contribution in [2.75, 3.05) is 43.4 Å². The third kappa shape index (κ3) is 4.40. The Morgan fingerprint density at radius 2 is 1.89 bits per heavy atom. The van der Waals surface area contributed by atoms with Crippen LogP contribution in [-0.2, 0) is 0 Å². The van der Waals surface area contributed by atoms with E-state index >= 15 is 0 Å². The highest BCUT2D eigenvalue weighted by Crippen LogP contribution is 2.37. The molecule has 9 heteroatoms. The Kier molecular flexibility index (Phi) is 5.98. The van der Waals surface area contributed by atoms with Gasteiger partial charge in [-0.1, -0.05) is 23.7 Å². The standard InChI is InChI=1S/C18H18BrClN4O3/c1-22-6-8-23(9-7-22)16-11-15(14(20)10-17(16)24(26)27)21-18(25)12-4-2-3-5-13(12)19/h2-5,10-11H,6-9H2,1H3,(H,21,25). The summed E-state index contributed by atoms with van der Waals surface area (Å²) in [5, 5.41) is 14.4. The second kappa shape index (κ2) is 8.24. The molecule has 1 aliphatic heterocycles. The van der Waals surface area contributed by atoms with Gasteiger partial charge in [-0.25, -0.2) is 0 Å². The van der Waals surface area contributed by atoms with E-state index in [4.69, 9.17) is 11.6 Å². The number of halogens is 2. The van der Waals surface area contributed by atoms with Gasteiger partial charge in [0.2, 0.25) is 0 Å². The highest BCUT2D eigenvalue weighted by Gasteiger charge is 2.25. The summed E-state index contributed by atoms with van der Waals surface area (Å²) < 4.78 is 0.653. The van der Waals surface area contributed by atoms with Crippen molar-refractivity contribution < 1.29 is 9.72 Å². The molecule has 7 nitrogen and oxygen atoms in total. The summed E-state index contributed by atoms with van der Waals surface area (Å²) in [7, 11) is 2.01. The highest BCUT2D eigenvalue weighted by atomic mass is 79.9. The number of hydrogen-bond donors (Lipinski definition) is 1. The van der Waals surface area contributed by atoms with E-state index in [1.165, 1.54) is 6.07 Å². The minimum absolute atomic E-state index is 0.0663. The van der Waals surface area contributed by atoms with Crippen molar-refractivity contribution in [1.82, 2.24) is 4.90 Å². The summed E-state index contributed by atoms with van der Waals surface area (Å²) in [6.45, 7) is 2.93. The first-order valence-electron chi connectivity index (χ1n) is 8.34. The Bertz CT molecular complexity index is 885. The monoisotopic (exact) mass is 452 g/mol. The van der Waals surface area contributed by atoms with E-state index in [9.17, 15) is 14.9 Å². The molecule has 1 N–H and O–H groups in total. The molecule has 1 amide bonds. The number of rotatable bonds is 4. The first kappa shape index (κ1) is 19.6. The van der Waals surface area contributed by atoms with Crippen LogP contribution < -0.4 is 10.2 Å². The summed E-state index contributed by atoms with van der Waals surface area (Å²) in [6, 6.07) is 9.89. The van der Waals surface area contributed by atoms with Crippen LogP contribution >= 0.6 is 27.5 Å². The molecule has 1 heterocycles. The van der Waals surface area contributed by atoms with E-state index in [1.807, 2.05) is 18.0 Å². The fourth-order valence-corrected chi connectivity index (χ4v) is 3.60. The lowest BCUT2D eigenvalue weighted by Crippen LogP contribution is -2.44. The topological polar surface area (TPSA) is 78.7 Å². The number of nitrogens with zero attached hydrogens (tertiary/aromatic N) is 3. The second-order valence-electron chi connectivity index (χ2n) is 6.30. The van der Waals surface area contributed by atoms with E-state index in [1.54, 1.807) is 24.3 Å². The van der Waals surface area contributed by atoms with Gasteiger partial charge in [-0.15, -0.1) is 0 Å². The van der Waals surface area contributed by atoms with Gasteiger partial charge in [0.25, 0.3) is 11.6 Å². The average molecular weight is 454 g/mol. The van der Waals surface area contributed by atoms with E-state index in [2.05, 4.69) is 26.1 Å². The van der Waals surface area contributed by atoms with Crippen molar-refractivity contribution in [2.24, 2.45) is 0 Å². The molecule has 1 saturated heterocycles. The minimum atomic E-state index is -0.446. The summed E-state index contributed by atoms with van der Waals surface area (Å²) in [6.07, 6.45) is 0. The lowest BCUT2D eigenvalue weighted by Gasteiger charge is -2.33. The number of benzene rings is 2. The molecular weight excluding hydrogens is 436 g/mol. The molecule has 27 heavy (non-hydrogen) atoms. The number of carbonyl (C=O) groups is 1. The fraction of sp³-hybridized carbons (Fsp3) is 0.278. The van der Waals surface area contributed by atoms with Crippen molar-refractivity contribution in [1.29, 1.82) is 0 Å². The first-order valence-corrected chi connectivity index (χ1v) is 9.51. The molecule has 1 aliphatic rings. The maximum atomic E-state index is 12.6. The van der Waals surface area contributed by atoms with Gasteiger partial charge in [0, 0.05) is 36.7 Å². The molecule has 0 spiro atoms. The Balaban J connectivity index is 1.94. The van der Waals surface area contributed by atoms with E-state index in [0.717, 1.165) is 13.1 Å². The predicted octanol–water partition coefficient (Wildman–Crippen LogP) is 4.01. The molecule has 0 aliphatic carbocycles. The number of anilines is 2. The van der Waals surface area contributed by atoms with Gasteiger partial charge in [0.1, 0.15) is 5.69 Å². The van der Waals surface area contributed by atoms with Crippen molar-refractivity contribution in [2.45, 2.75) is 0 Å². The molecule has 0 bridgehead atoms. The summed E-state index contributed by atoms with van der Waals surface area (Å²) in [4.78, 5) is 27.7. The molecule has 2 aromatic rings. The summed E-state index contributed by atoms with van der Waals surface area (Å²) in [5.74, 6) is -0.345. The Hall–Kier alpha value is -2.16. The normalized spacial score (nSPS) is 14.9. The van der Waals surface area contributed by atoms with Gasteiger partial charge in [-0.3, -0.25) is 14.9 Å². The highest BCUT2D eigenvalue weighted by molar-refractivity contribution is 9.10. The van der Waals surface area contributed by atoms with Gasteiger partial charge < -0.3 is 15.1 Å². The number of nitrogens with one attached hydrogen (secondary N) is 1. The van der Waals surface area contributed by atoms with Crippen LogP contribution in [0.2, 0.25) is 5.02 Å². The zero-order chi connectivity index (χ0) is 19.6. The van der Waals surface area contributed by atoms with Crippen LogP contribution in [0.25, 0.3) is 0 Å². The zero-order valence-electron chi connectivity index (χ0n) is 14.6. The van der Waals surface area contributed by atoms with E-state index < -0.39 is 4.92 Å². The van der Waals surface area contributed by atoms with Gasteiger partial charge >= 0.3 is 0 Å². The summed E-state index contributed by atoms with van der Waals surface area (Å²) >= 11 is 9.57. The average Bonchev–Trinajstić information content (AvgIpc) is 2.64. The van der Waals surface area contributed by atoms with E-state index in [-0.39, 0.29) is 16.6 Å². The quantitative estimate of drug-likeness (QED) is 0.559. The lowest BCUT2D eigenvalue weighted by atomic mass is 10.1. The Morgan fingerprint density at radius 3 is 2.52 bits per heavy atom. The van der Waals surface area contributed by atoms with Gasteiger partial charge in [0.05, 0.1) is 21.2 Å². The molecule has 0 unspecified atom stereocenters. The molecule has 142 valence electrons. The molecule has 0 aromatic heterocycles. The van der Waals surface area contributed by atoms with Crippen LogP contribution in [0.1, 0.15) is 10.4 Å². The smallest absolute Gasteiger partial charge is 0.294 e. The van der Waals surface area contributed by atoms with Crippen LogP contribution in [0.5, 0.6) is 0 Å². The number of piperazine rings is 1. The minimum Gasteiger partial charge on any atom is -0.363 e. The number of nitro groups is 1. The fourth-order valence-electron chi connectivity index (χ4n) is 2.93. The number of carbonyl (C=O) groups excluding carboxylic acids is 1. The molecule has 0 saturated carbocycles. The number of nitro benzene ring substituents is 1. The Labute approximate surface area is 170 Å². The maximum Gasteiger partial charge on any atom is 0.294 e. The molecule has 0 radical (unpaired) electrons. The SMILES string of the molecule is CN1CCN(c2cc(NC(=O)c3ccccc3Br)c(Cl)cc2[N+](=O)[O-])CC1. The van der Waals surface area contributed by atoms with Crippen LogP contribution in [0.15, 0.2) is 40.9 Å². The van der Waals surface area contributed by atoms with Crippen LogP contribution in [0.3, 0.4) is 0 Å². The zero-order valence-corrected chi connectivity index (χ0v) is 17.0. The van der Waals surface area contributed by atoms with Crippen LogP contribution in [0, 0.1) is 10.1 Å². The molecular formula is C18H18BrClN4O3. The lowest BCUT2D eigenvalue weighted by molar-refractivity contribution is -0.384. The largest absolute Gasteiger partial charge is 0.363 e. The van der Waals surface area contributed by atoms with Crippen LogP contribution in [0.4, 0.5) is 17.1 Å². The molecule has 1 fully saturated rings. The van der Waals surface area contributed by atoms with Crippen molar-refractivity contribution in [3.8, 4) is 0 Å². The predicted molar refractivity (Wildman–Crippen MR) is 110 cm³/mol.